The van der Waals surface area contributed by atoms with Gasteiger partial charge in [-0.1, -0.05) is 41.4 Å². The van der Waals surface area contributed by atoms with E-state index in [-0.39, 0.29) is 5.82 Å². The lowest BCUT2D eigenvalue weighted by molar-refractivity contribution is 0.608. The van der Waals surface area contributed by atoms with Crippen LogP contribution < -0.4 is 10.6 Å². The van der Waals surface area contributed by atoms with Crippen LogP contribution in [-0.2, 0) is 6.54 Å². The van der Waals surface area contributed by atoms with Crippen LogP contribution in [0.2, 0.25) is 10.0 Å². The highest BCUT2D eigenvalue weighted by Gasteiger charge is 2.13. The number of nitrogens with zero attached hydrogens (tertiary/aromatic N) is 1. The van der Waals surface area contributed by atoms with Crippen LogP contribution in [0.15, 0.2) is 36.4 Å². The Kier molecular flexibility index (Phi) is 4.17. The Labute approximate surface area is 121 Å². The average Bonchev–Trinajstić information content (AvgIpc) is 2.30. The molecule has 0 aliphatic rings. The van der Waals surface area contributed by atoms with Crippen molar-refractivity contribution in [1.82, 2.24) is 0 Å². The number of anilines is 2. The maximum absolute atomic E-state index is 13.6. The predicted molar refractivity (Wildman–Crippen MR) is 79.4 cm³/mol. The lowest BCUT2D eigenvalue weighted by atomic mass is 10.2. The molecule has 0 heterocycles. The van der Waals surface area contributed by atoms with Crippen LogP contribution >= 0.6 is 23.2 Å². The third-order valence-corrected chi connectivity index (χ3v) is 3.36. The molecule has 0 aromatic heterocycles. The minimum atomic E-state index is -0.253. The molecule has 0 bridgehead atoms. The van der Waals surface area contributed by atoms with Gasteiger partial charge in [-0.2, -0.15) is 0 Å². The normalized spacial score (nSPS) is 10.5. The van der Waals surface area contributed by atoms with Crippen LogP contribution in [-0.4, -0.2) is 7.05 Å². The summed E-state index contributed by atoms with van der Waals surface area (Å²) in [6, 6.07) is 9.85. The number of nitrogen functional groups attached to an aromatic ring is 1. The third-order valence-electron chi connectivity index (χ3n) is 2.79. The summed E-state index contributed by atoms with van der Waals surface area (Å²) in [4.78, 5) is 1.79. The highest BCUT2D eigenvalue weighted by molar-refractivity contribution is 6.39. The second-order valence-electron chi connectivity index (χ2n) is 4.28. The van der Waals surface area contributed by atoms with E-state index in [1.807, 2.05) is 0 Å². The van der Waals surface area contributed by atoms with E-state index in [9.17, 15) is 4.39 Å². The Morgan fingerprint density at radius 2 is 1.74 bits per heavy atom. The SMILES string of the molecule is CN(Cc1ccccc1F)c1c(Cl)cc(N)cc1Cl. The molecule has 0 aliphatic carbocycles. The van der Waals surface area contributed by atoms with Gasteiger partial charge >= 0.3 is 0 Å². The van der Waals surface area contributed by atoms with Crippen molar-refractivity contribution in [1.29, 1.82) is 0 Å². The maximum Gasteiger partial charge on any atom is 0.128 e. The van der Waals surface area contributed by atoms with Gasteiger partial charge in [-0.25, -0.2) is 4.39 Å². The van der Waals surface area contributed by atoms with Crippen molar-refractivity contribution < 1.29 is 4.39 Å². The van der Waals surface area contributed by atoms with E-state index in [0.29, 0.717) is 33.5 Å². The van der Waals surface area contributed by atoms with Gasteiger partial charge in [0.2, 0.25) is 0 Å². The zero-order valence-corrected chi connectivity index (χ0v) is 11.8. The topological polar surface area (TPSA) is 29.3 Å². The van der Waals surface area contributed by atoms with Gasteiger partial charge in [-0.15, -0.1) is 0 Å². The monoisotopic (exact) mass is 298 g/mol. The number of benzene rings is 2. The van der Waals surface area contributed by atoms with E-state index in [1.54, 1.807) is 42.3 Å². The summed E-state index contributed by atoms with van der Waals surface area (Å²) < 4.78 is 13.6. The first-order chi connectivity index (χ1) is 8.99. The molecular weight excluding hydrogens is 286 g/mol. The standard InChI is InChI=1S/C14H13Cl2FN2/c1-19(8-9-4-2-3-5-13(9)17)14-11(15)6-10(18)7-12(14)16/h2-7H,8,18H2,1H3. The second-order valence-corrected chi connectivity index (χ2v) is 5.10. The highest BCUT2D eigenvalue weighted by atomic mass is 35.5. The molecular formula is C14H13Cl2FN2. The first kappa shape index (κ1) is 14.0. The van der Waals surface area contributed by atoms with Crippen LogP contribution in [0.4, 0.5) is 15.8 Å². The van der Waals surface area contributed by atoms with Crippen LogP contribution in [0, 0.1) is 5.82 Å². The summed E-state index contributed by atoms with van der Waals surface area (Å²) in [5, 5.41) is 0.896. The van der Waals surface area contributed by atoms with Gasteiger partial charge in [0.1, 0.15) is 5.82 Å². The molecule has 2 rings (SSSR count). The molecule has 0 amide bonds. The Bertz CT molecular complexity index is 579. The number of rotatable bonds is 3. The molecule has 0 fully saturated rings. The summed E-state index contributed by atoms with van der Waals surface area (Å²) in [7, 11) is 1.80. The summed E-state index contributed by atoms with van der Waals surface area (Å²) in [5.41, 5.74) is 7.37. The van der Waals surface area contributed by atoms with Gasteiger partial charge in [0.05, 0.1) is 15.7 Å². The molecule has 0 spiro atoms. The van der Waals surface area contributed by atoms with Crippen LogP contribution in [0.5, 0.6) is 0 Å². The first-order valence-corrected chi connectivity index (χ1v) is 6.43. The largest absolute Gasteiger partial charge is 0.399 e. The Morgan fingerprint density at radius 1 is 1.16 bits per heavy atom. The fourth-order valence-electron chi connectivity index (χ4n) is 1.91. The smallest absolute Gasteiger partial charge is 0.128 e. The number of halogens is 3. The summed E-state index contributed by atoms with van der Waals surface area (Å²) >= 11 is 12.3. The summed E-state index contributed by atoms with van der Waals surface area (Å²) in [6.45, 7) is 0.371. The second kappa shape index (κ2) is 5.68. The van der Waals surface area contributed by atoms with Crippen LogP contribution in [0.25, 0.3) is 0 Å². The molecule has 100 valence electrons. The lowest BCUT2D eigenvalue weighted by Crippen LogP contribution is -2.18. The van der Waals surface area contributed by atoms with Crippen molar-refractivity contribution in [2.75, 3.05) is 17.7 Å². The first-order valence-electron chi connectivity index (χ1n) is 5.68. The van der Waals surface area contributed by atoms with Crippen molar-refractivity contribution in [3.63, 3.8) is 0 Å². The fraction of sp³-hybridized carbons (Fsp3) is 0.143. The van der Waals surface area contributed by atoms with Crippen molar-refractivity contribution >= 4 is 34.6 Å². The molecule has 0 unspecified atom stereocenters. The van der Waals surface area contributed by atoms with Gasteiger partial charge in [0, 0.05) is 24.8 Å². The van der Waals surface area contributed by atoms with E-state index in [0.717, 1.165) is 0 Å². The molecule has 0 aliphatic heterocycles. The molecule has 2 aromatic rings. The van der Waals surface area contributed by atoms with E-state index in [1.165, 1.54) is 6.07 Å². The highest BCUT2D eigenvalue weighted by Crippen LogP contribution is 2.36. The van der Waals surface area contributed by atoms with E-state index in [2.05, 4.69) is 0 Å². The van der Waals surface area contributed by atoms with Crippen LogP contribution in [0.3, 0.4) is 0 Å². The van der Waals surface area contributed by atoms with E-state index in [4.69, 9.17) is 28.9 Å². The van der Waals surface area contributed by atoms with Crippen molar-refractivity contribution in [3.05, 3.63) is 57.8 Å². The predicted octanol–water partition coefficient (Wildman–Crippen LogP) is 4.35. The van der Waals surface area contributed by atoms with Crippen molar-refractivity contribution in [3.8, 4) is 0 Å². The van der Waals surface area contributed by atoms with Gasteiger partial charge in [-0.05, 0) is 18.2 Å². The van der Waals surface area contributed by atoms with Gasteiger partial charge in [-0.3, -0.25) is 0 Å². The van der Waals surface area contributed by atoms with Crippen LogP contribution in [0.1, 0.15) is 5.56 Å². The average molecular weight is 299 g/mol. The van der Waals surface area contributed by atoms with Gasteiger partial charge in [0.15, 0.2) is 0 Å². The molecule has 19 heavy (non-hydrogen) atoms. The van der Waals surface area contributed by atoms with Gasteiger partial charge < -0.3 is 10.6 Å². The zero-order valence-electron chi connectivity index (χ0n) is 10.3. The molecule has 0 saturated carbocycles. The third kappa shape index (κ3) is 3.11. The molecule has 2 nitrogen and oxygen atoms in total. The number of hydrogen-bond acceptors (Lipinski definition) is 2. The van der Waals surface area contributed by atoms with Crippen molar-refractivity contribution in [2.45, 2.75) is 6.54 Å². The summed E-state index contributed by atoms with van der Waals surface area (Å²) in [6.07, 6.45) is 0. The molecule has 2 aromatic carbocycles. The van der Waals surface area contributed by atoms with Gasteiger partial charge in [0.25, 0.3) is 0 Å². The number of nitrogens with two attached hydrogens (primary N) is 1. The molecule has 5 heteroatoms. The maximum atomic E-state index is 13.6. The van der Waals surface area contributed by atoms with E-state index >= 15 is 0 Å². The minimum Gasteiger partial charge on any atom is -0.399 e. The Hall–Kier alpha value is -1.45. The Balaban J connectivity index is 2.31. The molecule has 0 radical (unpaired) electrons. The Morgan fingerprint density at radius 3 is 2.32 bits per heavy atom. The summed E-state index contributed by atoms with van der Waals surface area (Å²) in [5.74, 6) is -0.253. The fourth-order valence-corrected chi connectivity index (χ4v) is 2.70. The quantitative estimate of drug-likeness (QED) is 0.854. The van der Waals surface area contributed by atoms with E-state index < -0.39 is 0 Å². The molecule has 0 atom stereocenters. The number of hydrogen-bond donors (Lipinski definition) is 1. The minimum absolute atomic E-state index is 0.253. The zero-order chi connectivity index (χ0) is 14.0. The lowest BCUT2D eigenvalue weighted by Gasteiger charge is -2.22. The molecule has 2 N–H and O–H groups in total. The molecule has 0 saturated heterocycles. The van der Waals surface area contributed by atoms with Crippen molar-refractivity contribution in [2.24, 2.45) is 0 Å².